The Morgan fingerprint density at radius 3 is 2.29 bits per heavy atom. The van der Waals surface area contributed by atoms with Crippen molar-refractivity contribution in [2.45, 2.75) is 88.6 Å². The van der Waals surface area contributed by atoms with E-state index < -0.39 is 47.1 Å². The van der Waals surface area contributed by atoms with Gasteiger partial charge in [0.1, 0.15) is 17.9 Å². The molecule has 9 rings (SSSR count). The van der Waals surface area contributed by atoms with E-state index in [4.69, 9.17) is 10.00 Å². The fraction of sp³-hybridized carbons (Fsp3) is 0.523. The number of imide groups is 2. The van der Waals surface area contributed by atoms with Crippen molar-refractivity contribution in [2.24, 2.45) is 11.3 Å². The zero-order valence-electron chi connectivity index (χ0n) is 34.5. The van der Waals surface area contributed by atoms with E-state index in [1.807, 2.05) is 12.1 Å². The minimum Gasteiger partial charge on any atom is -0.489 e. The first-order valence-electron chi connectivity index (χ1n) is 21.6. The molecule has 1 aromatic carbocycles. The van der Waals surface area contributed by atoms with Crippen LogP contribution >= 0.6 is 0 Å². The van der Waals surface area contributed by atoms with E-state index in [0.717, 1.165) is 100 Å². The number of fused-ring (bicyclic) bond motifs is 1. The van der Waals surface area contributed by atoms with Gasteiger partial charge in [-0.3, -0.25) is 34.2 Å². The molecule has 5 amide bonds. The molecule has 3 aromatic rings. The average Bonchev–Trinajstić information content (AvgIpc) is 3.51. The number of piperidine rings is 3. The van der Waals surface area contributed by atoms with Crippen LogP contribution in [-0.4, -0.2) is 119 Å². The van der Waals surface area contributed by atoms with E-state index in [1.54, 1.807) is 18.2 Å². The predicted molar refractivity (Wildman–Crippen MR) is 218 cm³/mol. The Balaban J connectivity index is 0.682. The summed E-state index contributed by atoms with van der Waals surface area (Å²) in [5.41, 5.74) is 0.0815. The molecular weight excluding hydrogens is 822 g/mol. The lowest BCUT2D eigenvalue weighted by Gasteiger charge is -2.55. The van der Waals surface area contributed by atoms with Gasteiger partial charge in [-0.25, -0.2) is 4.98 Å². The number of carbonyl (C=O) groups is 5. The van der Waals surface area contributed by atoms with Gasteiger partial charge in [-0.05, 0) is 113 Å². The monoisotopic (exact) mass is 868 g/mol. The molecule has 1 aliphatic carbocycles. The van der Waals surface area contributed by atoms with Gasteiger partial charge in [0.25, 0.3) is 17.7 Å². The number of benzene rings is 1. The largest absolute Gasteiger partial charge is 0.489 e. The molecule has 4 saturated heterocycles. The van der Waals surface area contributed by atoms with Gasteiger partial charge in [-0.1, -0.05) is 0 Å². The van der Waals surface area contributed by atoms with Crippen LogP contribution in [0.25, 0.3) is 0 Å². The van der Waals surface area contributed by atoms with Crippen LogP contribution in [-0.2, 0) is 15.8 Å². The molecule has 330 valence electrons. The Hall–Kier alpha value is -6.16. The maximum absolute atomic E-state index is 13.3. The predicted octanol–water partition coefficient (Wildman–Crippen LogP) is 4.10. The summed E-state index contributed by atoms with van der Waals surface area (Å²) in [6.45, 7) is 6.56. The van der Waals surface area contributed by atoms with Crippen molar-refractivity contribution in [3.63, 3.8) is 0 Å². The molecule has 1 unspecified atom stereocenters. The number of nitriles is 1. The number of hydrogen-bond donors (Lipinski definition) is 2. The van der Waals surface area contributed by atoms with Crippen molar-refractivity contribution in [3.8, 4) is 11.8 Å². The highest BCUT2D eigenvalue weighted by molar-refractivity contribution is 6.23. The number of hydrogen-bond acceptors (Lipinski definition) is 13. The minimum absolute atomic E-state index is 0.0478. The van der Waals surface area contributed by atoms with Gasteiger partial charge in [-0.15, -0.1) is 10.2 Å². The van der Waals surface area contributed by atoms with Crippen molar-refractivity contribution in [1.29, 1.82) is 5.26 Å². The van der Waals surface area contributed by atoms with Gasteiger partial charge in [-0.2, -0.15) is 18.4 Å². The van der Waals surface area contributed by atoms with Gasteiger partial charge in [0.05, 0.1) is 29.0 Å². The highest BCUT2D eigenvalue weighted by Gasteiger charge is 2.48. The van der Waals surface area contributed by atoms with E-state index in [2.05, 4.69) is 40.5 Å². The van der Waals surface area contributed by atoms with Crippen LogP contribution in [0.4, 0.5) is 24.7 Å². The molecule has 6 aliphatic rings. The molecule has 1 saturated carbocycles. The normalized spacial score (nSPS) is 24.2. The number of nitrogens with zero attached hydrogens (tertiary/aromatic N) is 8. The standard InChI is InChI=1S/C44H47F3N10O6/c45-44(46,47)33-20-30(22-49-35(33)21-48)63-29-4-1-27(2-5-29)50-39(59)34-7-9-37(53-52-34)55-15-11-26(12-16-55)23-54-17-13-43(14-18-54)24-56(25-43)28-3-6-31-32(19-28)42(62)57(41(31)61)36-8-10-38(58)51-40(36)60/h3,6-7,9,19-20,22,26-27,29,36H,1-2,4-5,8,10-18,23-25H2,(H,50,59)(H,51,58,60). The molecule has 1 spiro atoms. The highest BCUT2D eigenvalue weighted by atomic mass is 19.4. The number of alkyl halides is 3. The summed E-state index contributed by atoms with van der Waals surface area (Å²) in [5, 5.41) is 22.8. The topological polar surface area (TPSA) is 194 Å². The van der Waals surface area contributed by atoms with Gasteiger partial charge < -0.3 is 24.8 Å². The number of rotatable bonds is 9. The molecule has 5 fully saturated rings. The highest BCUT2D eigenvalue weighted by Crippen LogP contribution is 2.44. The number of nitrogens with one attached hydrogen (secondary N) is 2. The van der Waals surface area contributed by atoms with Gasteiger partial charge in [0.2, 0.25) is 11.8 Å². The maximum Gasteiger partial charge on any atom is 0.419 e. The van der Waals surface area contributed by atoms with Crippen LogP contribution in [0.15, 0.2) is 42.6 Å². The summed E-state index contributed by atoms with van der Waals surface area (Å²) in [4.78, 5) is 75.2. The number of anilines is 2. The summed E-state index contributed by atoms with van der Waals surface area (Å²) in [7, 11) is 0. The lowest BCUT2D eigenvalue weighted by Crippen LogP contribution is -2.60. The van der Waals surface area contributed by atoms with E-state index in [1.165, 1.54) is 6.07 Å². The third-order valence-electron chi connectivity index (χ3n) is 13.7. The number of likely N-dealkylation sites (tertiary alicyclic amines) is 1. The molecule has 63 heavy (non-hydrogen) atoms. The van der Waals surface area contributed by atoms with Crippen LogP contribution in [0.5, 0.6) is 5.75 Å². The fourth-order valence-electron chi connectivity index (χ4n) is 10.0. The summed E-state index contributed by atoms with van der Waals surface area (Å²) < 4.78 is 45.8. The molecule has 2 N–H and O–H groups in total. The van der Waals surface area contributed by atoms with Crippen molar-refractivity contribution in [2.75, 3.05) is 55.6 Å². The zero-order valence-corrected chi connectivity index (χ0v) is 34.5. The Kier molecular flexibility index (Phi) is 11.3. The van der Waals surface area contributed by atoms with Crippen molar-refractivity contribution < 1.29 is 41.9 Å². The molecule has 5 aliphatic heterocycles. The smallest absolute Gasteiger partial charge is 0.419 e. The van der Waals surface area contributed by atoms with E-state index in [0.29, 0.717) is 37.2 Å². The Bertz CT molecular complexity index is 2340. The van der Waals surface area contributed by atoms with Crippen molar-refractivity contribution >= 4 is 41.0 Å². The Morgan fingerprint density at radius 2 is 1.62 bits per heavy atom. The van der Waals surface area contributed by atoms with Crippen molar-refractivity contribution in [1.82, 2.24) is 35.6 Å². The summed E-state index contributed by atoms with van der Waals surface area (Å²) in [6.07, 6.45) is 2.69. The minimum atomic E-state index is -4.72. The van der Waals surface area contributed by atoms with Crippen LogP contribution < -0.4 is 25.2 Å². The van der Waals surface area contributed by atoms with E-state index in [9.17, 15) is 37.1 Å². The Morgan fingerprint density at radius 1 is 0.889 bits per heavy atom. The number of halogens is 3. The number of ether oxygens (including phenoxy) is 1. The van der Waals surface area contributed by atoms with Crippen LogP contribution in [0.3, 0.4) is 0 Å². The van der Waals surface area contributed by atoms with Gasteiger partial charge in [0.15, 0.2) is 17.2 Å². The molecule has 16 nitrogen and oxygen atoms in total. The van der Waals surface area contributed by atoms with E-state index >= 15 is 0 Å². The summed E-state index contributed by atoms with van der Waals surface area (Å²) >= 11 is 0. The molecule has 7 heterocycles. The number of pyridine rings is 1. The molecule has 19 heteroatoms. The number of amides is 5. The fourth-order valence-corrected chi connectivity index (χ4v) is 10.0. The van der Waals surface area contributed by atoms with Crippen LogP contribution in [0, 0.1) is 22.7 Å². The molecule has 0 bridgehead atoms. The summed E-state index contributed by atoms with van der Waals surface area (Å²) in [5.74, 6) is -1.09. The average molecular weight is 869 g/mol. The second kappa shape index (κ2) is 16.8. The lowest BCUT2D eigenvalue weighted by molar-refractivity contribution is -0.138. The lowest BCUT2D eigenvalue weighted by atomic mass is 9.71. The maximum atomic E-state index is 13.3. The van der Waals surface area contributed by atoms with Crippen LogP contribution in [0.2, 0.25) is 0 Å². The second-order valence-electron chi connectivity index (χ2n) is 17.8. The zero-order chi connectivity index (χ0) is 44.0. The van der Waals surface area contributed by atoms with E-state index in [-0.39, 0.29) is 53.3 Å². The molecule has 2 aromatic heterocycles. The third-order valence-corrected chi connectivity index (χ3v) is 13.7. The number of carbonyl (C=O) groups excluding carboxylic acids is 5. The first kappa shape index (κ1) is 42.2. The first-order valence-corrected chi connectivity index (χ1v) is 21.6. The molecular formula is C44H47F3N10O6. The number of aromatic nitrogens is 3. The Labute approximate surface area is 361 Å². The SMILES string of the molecule is N#Cc1ncc(OC2CCC(NC(=O)c3ccc(N4CCC(CN5CCC6(CC5)CN(c5ccc7c(c5)C(=O)N(C5CCC(=O)NC5=O)C7=O)C6)CC4)nn3)CC2)cc1C(F)(F)F. The second-order valence-corrected chi connectivity index (χ2v) is 17.8. The quantitative estimate of drug-likeness (QED) is 0.292. The van der Waals surface area contributed by atoms with Gasteiger partial charge >= 0.3 is 6.18 Å². The molecule has 1 atom stereocenters. The van der Waals surface area contributed by atoms with Crippen molar-refractivity contribution in [3.05, 3.63) is 70.7 Å². The first-order chi connectivity index (χ1) is 30.3. The summed E-state index contributed by atoms with van der Waals surface area (Å²) in [6, 6.07) is 9.98. The third kappa shape index (κ3) is 8.64. The van der Waals surface area contributed by atoms with Crippen LogP contribution in [0.1, 0.15) is 107 Å². The molecule has 0 radical (unpaired) electrons. The van der Waals surface area contributed by atoms with Gasteiger partial charge in [0, 0.05) is 56.3 Å².